The maximum atomic E-state index is 12.2. The topological polar surface area (TPSA) is 42.0 Å². The van der Waals surface area contributed by atoms with Crippen molar-refractivity contribution in [2.24, 2.45) is 11.8 Å². The molecule has 2 bridgehead atoms. The van der Waals surface area contributed by atoms with Crippen molar-refractivity contribution in [3.05, 3.63) is 29.6 Å². The Morgan fingerprint density at radius 1 is 1.60 bits per heavy atom. The van der Waals surface area contributed by atoms with Crippen molar-refractivity contribution in [2.45, 2.75) is 19.4 Å². The zero-order valence-electron chi connectivity index (χ0n) is 8.73. The fourth-order valence-corrected chi connectivity index (χ4v) is 2.77. The largest absolute Gasteiger partial charge is 0.313 e. The van der Waals surface area contributed by atoms with Gasteiger partial charge in [0, 0.05) is 29.9 Å². The predicted molar refractivity (Wildman–Crippen MR) is 56.7 cm³/mol. The van der Waals surface area contributed by atoms with Gasteiger partial charge in [-0.15, -0.1) is 0 Å². The first-order valence-electron chi connectivity index (χ1n) is 5.45. The molecule has 0 amide bonds. The summed E-state index contributed by atoms with van der Waals surface area (Å²) in [4.78, 5) is 16.3. The molecule has 3 fully saturated rings. The minimum Gasteiger partial charge on any atom is -0.313 e. The smallest absolute Gasteiger partial charge is 0.169 e. The van der Waals surface area contributed by atoms with E-state index < -0.39 is 0 Å². The number of nitrogens with one attached hydrogen (secondary N) is 1. The van der Waals surface area contributed by atoms with Crippen LogP contribution in [0.3, 0.4) is 0 Å². The third-order valence-electron chi connectivity index (χ3n) is 3.75. The zero-order chi connectivity index (χ0) is 10.4. The van der Waals surface area contributed by atoms with Crippen LogP contribution in [0.25, 0.3) is 0 Å². The van der Waals surface area contributed by atoms with Crippen LogP contribution in [0.15, 0.2) is 18.5 Å². The number of rotatable bonds is 2. The molecule has 3 nitrogen and oxygen atoms in total. The number of nitrogens with zero attached hydrogens (tertiary/aromatic N) is 1. The molecule has 3 aliphatic rings. The first-order valence-corrected chi connectivity index (χ1v) is 5.45. The van der Waals surface area contributed by atoms with Gasteiger partial charge in [-0.05, 0) is 37.4 Å². The molecule has 3 heteroatoms. The molecule has 4 rings (SSSR count). The average molecular weight is 202 g/mol. The van der Waals surface area contributed by atoms with E-state index in [1.807, 2.05) is 13.0 Å². The molecule has 1 aromatic heterocycles. The van der Waals surface area contributed by atoms with Crippen molar-refractivity contribution in [2.75, 3.05) is 6.54 Å². The summed E-state index contributed by atoms with van der Waals surface area (Å²) >= 11 is 0. The molecule has 3 unspecified atom stereocenters. The quantitative estimate of drug-likeness (QED) is 0.732. The van der Waals surface area contributed by atoms with E-state index in [-0.39, 0.29) is 11.7 Å². The summed E-state index contributed by atoms with van der Waals surface area (Å²) in [5, 5.41) is 3.37. The molecule has 0 radical (unpaired) electrons. The Balaban J connectivity index is 1.89. The van der Waals surface area contributed by atoms with Gasteiger partial charge in [0.25, 0.3) is 0 Å². The Labute approximate surface area is 88.9 Å². The number of carbonyl (C=O) groups excluding carboxylic acids is 1. The first-order chi connectivity index (χ1) is 7.27. The molecule has 0 aromatic carbocycles. The molecule has 0 spiro atoms. The third kappa shape index (κ3) is 1.23. The number of carbonyl (C=O) groups is 1. The van der Waals surface area contributed by atoms with Crippen molar-refractivity contribution >= 4 is 5.78 Å². The average Bonchev–Trinajstić information content (AvgIpc) is 2.79. The van der Waals surface area contributed by atoms with Crippen LogP contribution in [-0.4, -0.2) is 23.4 Å². The van der Waals surface area contributed by atoms with Crippen molar-refractivity contribution < 1.29 is 4.79 Å². The van der Waals surface area contributed by atoms with Gasteiger partial charge in [0.15, 0.2) is 5.78 Å². The van der Waals surface area contributed by atoms with Crippen molar-refractivity contribution in [3.63, 3.8) is 0 Å². The van der Waals surface area contributed by atoms with Gasteiger partial charge in [-0.3, -0.25) is 9.78 Å². The van der Waals surface area contributed by atoms with E-state index in [2.05, 4.69) is 10.3 Å². The summed E-state index contributed by atoms with van der Waals surface area (Å²) in [5.41, 5.74) is 1.85. The van der Waals surface area contributed by atoms with E-state index >= 15 is 0 Å². The maximum absolute atomic E-state index is 12.2. The lowest BCUT2D eigenvalue weighted by Gasteiger charge is -2.33. The fraction of sp³-hybridized carbons (Fsp3) is 0.500. The molecule has 15 heavy (non-hydrogen) atoms. The van der Waals surface area contributed by atoms with E-state index in [0.717, 1.165) is 17.7 Å². The minimum absolute atomic E-state index is 0.216. The van der Waals surface area contributed by atoms with Gasteiger partial charge in [-0.25, -0.2) is 0 Å². The van der Waals surface area contributed by atoms with Crippen molar-refractivity contribution in [3.8, 4) is 0 Å². The maximum Gasteiger partial charge on any atom is 0.169 e. The summed E-state index contributed by atoms with van der Waals surface area (Å²) in [6.07, 6.45) is 4.62. The highest BCUT2D eigenvalue weighted by molar-refractivity contribution is 6.00. The molecule has 1 N–H and O–H groups in total. The van der Waals surface area contributed by atoms with Gasteiger partial charge in [-0.1, -0.05) is 0 Å². The monoisotopic (exact) mass is 202 g/mol. The van der Waals surface area contributed by atoms with Crippen molar-refractivity contribution in [1.29, 1.82) is 0 Å². The van der Waals surface area contributed by atoms with E-state index in [1.54, 1.807) is 12.4 Å². The SMILES string of the molecule is Cc1ccncc1C(=O)C1C2CNC1C2. The van der Waals surface area contributed by atoms with Crippen LogP contribution in [0.1, 0.15) is 22.3 Å². The first kappa shape index (κ1) is 9.04. The Morgan fingerprint density at radius 2 is 2.47 bits per heavy atom. The van der Waals surface area contributed by atoms with E-state index in [4.69, 9.17) is 0 Å². The number of fused-ring (bicyclic) bond motifs is 1. The molecule has 78 valence electrons. The molecular formula is C12H14N2O. The Bertz CT molecular complexity index is 402. The lowest BCUT2D eigenvalue weighted by atomic mass is 9.70. The number of aryl methyl sites for hydroxylation is 1. The van der Waals surface area contributed by atoms with Crippen LogP contribution in [0.4, 0.5) is 0 Å². The molecule has 2 saturated heterocycles. The number of aromatic nitrogens is 1. The van der Waals surface area contributed by atoms with E-state index in [1.165, 1.54) is 6.42 Å². The highest BCUT2D eigenvalue weighted by Gasteiger charge is 2.50. The number of pyridine rings is 1. The van der Waals surface area contributed by atoms with Crippen LogP contribution in [0.2, 0.25) is 0 Å². The molecule has 3 heterocycles. The van der Waals surface area contributed by atoms with Crippen molar-refractivity contribution in [1.82, 2.24) is 10.3 Å². The fourth-order valence-electron chi connectivity index (χ4n) is 2.77. The number of Topliss-reactive ketones (excluding diaryl/α,β-unsaturated/α-hetero) is 1. The molecule has 1 aromatic rings. The highest BCUT2D eigenvalue weighted by Crippen LogP contribution is 2.42. The predicted octanol–water partition coefficient (Wildman–Crippen LogP) is 1.18. The van der Waals surface area contributed by atoms with Gasteiger partial charge in [0.2, 0.25) is 0 Å². The summed E-state index contributed by atoms with van der Waals surface area (Å²) in [7, 11) is 0. The molecule has 1 saturated carbocycles. The third-order valence-corrected chi connectivity index (χ3v) is 3.75. The summed E-state index contributed by atoms with van der Waals surface area (Å²) < 4.78 is 0. The Hall–Kier alpha value is -1.22. The number of hydrogen-bond acceptors (Lipinski definition) is 3. The van der Waals surface area contributed by atoms with Gasteiger partial charge in [0.1, 0.15) is 0 Å². The Morgan fingerprint density at radius 3 is 3.07 bits per heavy atom. The second-order valence-electron chi connectivity index (χ2n) is 4.59. The van der Waals surface area contributed by atoms with Crippen LogP contribution < -0.4 is 5.32 Å². The molecular weight excluding hydrogens is 188 g/mol. The lowest BCUT2D eigenvalue weighted by molar-refractivity contribution is 0.0783. The number of ketones is 1. The molecule has 2 aliphatic heterocycles. The second kappa shape index (κ2) is 3.14. The van der Waals surface area contributed by atoms with E-state index in [0.29, 0.717) is 12.0 Å². The van der Waals surface area contributed by atoms with Crippen LogP contribution in [0, 0.1) is 18.8 Å². The van der Waals surface area contributed by atoms with Crippen LogP contribution in [-0.2, 0) is 0 Å². The standard InChI is InChI=1S/C12H14N2O/c1-7-2-3-13-6-9(7)12(15)11-8-4-10(11)14-5-8/h2-3,6,8,10-11,14H,4-5H2,1H3. The highest BCUT2D eigenvalue weighted by atomic mass is 16.1. The summed E-state index contributed by atoms with van der Waals surface area (Å²) in [5.74, 6) is 1.07. The van der Waals surface area contributed by atoms with E-state index in [9.17, 15) is 4.79 Å². The van der Waals surface area contributed by atoms with Gasteiger partial charge in [-0.2, -0.15) is 0 Å². The minimum atomic E-state index is 0.216. The summed E-state index contributed by atoms with van der Waals surface area (Å²) in [6.45, 7) is 2.99. The summed E-state index contributed by atoms with van der Waals surface area (Å²) in [6, 6.07) is 2.34. The van der Waals surface area contributed by atoms with Gasteiger partial charge >= 0.3 is 0 Å². The lowest BCUT2D eigenvalue weighted by Crippen LogP contribution is -2.42. The molecule has 3 atom stereocenters. The Kier molecular flexibility index (Phi) is 1.89. The normalized spacial score (nSPS) is 32.5. The van der Waals surface area contributed by atoms with Crippen LogP contribution >= 0.6 is 0 Å². The number of hydrogen-bond donors (Lipinski definition) is 1. The molecule has 1 aliphatic carbocycles. The van der Waals surface area contributed by atoms with Gasteiger partial charge < -0.3 is 5.32 Å². The zero-order valence-corrected chi connectivity index (χ0v) is 8.73. The van der Waals surface area contributed by atoms with Crippen LogP contribution in [0.5, 0.6) is 0 Å². The second-order valence-corrected chi connectivity index (χ2v) is 4.59. The van der Waals surface area contributed by atoms with Gasteiger partial charge in [0.05, 0.1) is 0 Å².